The van der Waals surface area contributed by atoms with Crippen LogP contribution in [0.1, 0.15) is 163 Å². The molecule has 0 aliphatic heterocycles. The SMILES string of the molecule is CCCCCCCCCCCCOc1cc(OCCCCCCCCCCCC)c(C(=O)OC)cc1C(=O)OC. The Morgan fingerprint density at radius 3 is 1.07 bits per heavy atom. The summed E-state index contributed by atoms with van der Waals surface area (Å²) in [5.74, 6) is -0.337. The molecule has 0 fully saturated rings. The van der Waals surface area contributed by atoms with Crippen LogP contribution < -0.4 is 9.47 Å². The second-order valence-electron chi connectivity index (χ2n) is 10.9. The molecule has 0 radical (unpaired) electrons. The summed E-state index contributed by atoms with van der Waals surface area (Å²) in [4.78, 5) is 24.9. The van der Waals surface area contributed by atoms with E-state index in [4.69, 9.17) is 18.9 Å². The molecular weight excluding hydrogens is 504 g/mol. The van der Waals surface area contributed by atoms with Gasteiger partial charge in [0.05, 0.1) is 27.4 Å². The van der Waals surface area contributed by atoms with Crippen LogP contribution in [-0.4, -0.2) is 39.4 Å². The number of carbonyl (C=O) groups is 2. The minimum atomic E-state index is -0.551. The van der Waals surface area contributed by atoms with Gasteiger partial charge < -0.3 is 18.9 Å². The number of unbranched alkanes of at least 4 members (excludes halogenated alkanes) is 18. The van der Waals surface area contributed by atoms with Crippen molar-refractivity contribution in [2.45, 2.75) is 142 Å². The summed E-state index contributed by atoms with van der Waals surface area (Å²) in [6, 6.07) is 3.12. The zero-order valence-corrected chi connectivity index (χ0v) is 26.2. The van der Waals surface area contributed by atoms with Gasteiger partial charge in [0.1, 0.15) is 22.6 Å². The number of hydrogen-bond donors (Lipinski definition) is 0. The van der Waals surface area contributed by atoms with Crippen LogP contribution in [-0.2, 0) is 9.47 Å². The molecule has 1 rings (SSSR count). The van der Waals surface area contributed by atoms with Gasteiger partial charge in [0, 0.05) is 6.07 Å². The molecule has 0 saturated heterocycles. The van der Waals surface area contributed by atoms with Crippen molar-refractivity contribution in [2.24, 2.45) is 0 Å². The fourth-order valence-electron chi connectivity index (χ4n) is 4.88. The van der Waals surface area contributed by atoms with E-state index in [0.717, 1.165) is 25.7 Å². The van der Waals surface area contributed by atoms with E-state index in [1.807, 2.05) is 0 Å². The van der Waals surface area contributed by atoms with Crippen LogP contribution in [0.2, 0.25) is 0 Å². The van der Waals surface area contributed by atoms with Gasteiger partial charge in [-0.05, 0) is 18.9 Å². The maximum absolute atomic E-state index is 12.5. The maximum atomic E-state index is 12.5. The molecule has 0 atom stereocenters. The largest absolute Gasteiger partial charge is 0.493 e. The van der Waals surface area contributed by atoms with E-state index in [1.165, 1.54) is 123 Å². The third-order valence-electron chi connectivity index (χ3n) is 7.40. The van der Waals surface area contributed by atoms with Gasteiger partial charge in [-0.15, -0.1) is 0 Å². The van der Waals surface area contributed by atoms with E-state index in [0.29, 0.717) is 24.7 Å². The second kappa shape index (κ2) is 24.5. The molecule has 0 heterocycles. The first kappa shape index (κ1) is 35.8. The molecule has 1 aromatic rings. The minimum absolute atomic E-state index is 0.210. The molecule has 0 bridgehead atoms. The third kappa shape index (κ3) is 16.1. The highest BCUT2D eigenvalue weighted by atomic mass is 16.5. The molecule has 6 nitrogen and oxygen atoms in total. The number of methoxy groups -OCH3 is 2. The Hall–Kier alpha value is -2.24. The fourth-order valence-corrected chi connectivity index (χ4v) is 4.88. The van der Waals surface area contributed by atoms with Crippen LogP contribution in [0.4, 0.5) is 0 Å². The molecule has 0 unspecified atom stereocenters. The van der Waals surface area contributed by atoms with Crippen molar-refractivity contribution in [3.05, 3.63) is 23.3 Å². The lowest BCUT2D eigenvalue weighted by Crippen LogP contribution is -2.12. The first-order chi connectivity index (χ1) is 19.6. The average molecular weight is 563 g/mol. The van der Waals surface area contributed by atoms with Crippen molar-refractivity contribution in [1.29, 1.82) is 0 Å². The van der Waals surface area contributed by atoms with Gasteiger partial charge in [-0.2, -0.15) is 0 Å². The lowest BCUT2D eigenvalue weighted by atomic mass is 10.1. The number of ether oxygens (including phenoxy) is 4. The molecule has 0 aromatic heterocycles. The van der Waals surface area contributed by atoms with Crippen LogP contribution >= 0.6 is 0 Å². The van der Waals surface area contributed by atoms with Gasteiger partial charge in [0.2, 0.25) is 0 Å². The van der Waals surface area contributed by atoms with Crippen LogP contribution in [0, 0.1) is 0 Å². The Morgan fingerprint density at radius 2 is 0.775 bits per heavy atom. The molecular formula is C34H58O6. The van der Waals surface area contributed by atoms with Gasteiger partial charge in [-0.1, -0.05) is 129 Å². The van der Waals surface area contributed by atoms with E-state index >= 15 is 0 Å². The number of benzene rings is 1. The van der Waals surface area contributed by atoms with Gasteiger partial charge in [0.25, 0.3) is 0 Å². The van der Waals surface area contributed by atoms with Gasteiger partial charge >= 0.3 is 11.9 Å². The number of rotatable bonds is 26. The highest BCUT2D eigenvalue weighted by Gasteiger charge is 2.22. The predicted molar refractivity (Wildman–Crippen MR) is 164 cm³/mol. The highest BCUT2D eigenvalue weighted by Crippen LogP contribution is 2.31. The minimum Gasteiger partial charge on any atom is -0.493 e. The van der Waals surface area contributed by atoms with E-state index in [9.17, 15) is 9.59 Å². The van der Waals surface area contributed by atoms with Crippen molar-refractivity contribution in [3.63, 3.8) is 0 Å². The number of esters is 2. The Bertz CT molecular complexity index is 730. The Morgan fingerprint density at radius 1 is 0.475 bits per heavy atom. The molecule has 1 aromatic carbocycles. The monoisotopic (exact) mass is 562 g/mol. The average Bonchev–Trinajstić information content (AvgIpc) is 2.97. The van der Waals surface area contributed by atoms with Crippen LogP contribution in [0.5, 0.6) is 11.5 Å². The van der Waals surface area contributed by atoms with Crippen molar-refractivity contribution in [1.82, 2.24) is 0 Å². The number of carbonyl (C=O) groups excluding carboxylic acids is 2. The highest BCUT2D eigenvalue weighted by molar-refractivity contribution is 5.99. The summed E-state index contributed by atoms with van der Waals surface area (Å²) < 4.78 is 21.9. The number of hydrogen-bond acceptors (Lipinski definition) is 6. The smallest absolute Gasteiger partial charge is 0.341 e. The first-order valence-corrected chi connectivity index (χ1v) is 16.2. The second-order valence-corrected chi connectivity index (χ2v) is 10.9. The van der Waals surface area contributed by atoms with Gasteiger partial charge in [-0.25, -0.2) is 9.59 Å². The van der Waals surface area contributed by atoms with Crippen molar-refractivity contribution in [3.8, 4) is 11.5 Å². The maximum Gasteiger partial charge on any atom is 0.341 e. The van der Waals surface area contributed by atoms with E-state index < -0.39 is 11.9 Å². The Kier molecular flexibility index (Phi) is 22.0. The topological polar surface area (TPSA) is 71.1 Å². The zero-order chi connectivity index (χ0) is 29.3. The lowest BCUT2D eigenvalue weighted by molar-refractivity contribution is 0.0593. The molecule has 0 amide bonds. The summed E-state index contributed by atoms with van der Waals surface area (Å²) in [5, 5.41) is 0. The standard InChI is InChI=1S/C34H58O6/c1-5-7-9-11-13-15-17-19-21-23-25-39-31-28-32(30(34(36)38-4)27-29(31)33(35)37-3)40-26-24-22-20-18-16-14-12-10-8-6-2/h27-28H,5-26H2,1-4H3. The normalized spacial score (nSPS) is 10.9. The van der Waals surface area contributed by atoms with E-state index in [2.05, 4.69) is 13.8 Å². The summed E-state index contributed by atoms with van der Waals surface area (Å²) in [6.45, 7) is 5.49. The summed E-state index contributed by atoms with van der Waals surface area (Å²) >= 11 is 0. The molecule has 0 aliphatic carbocycles. The summed E-state index contributed by atoms with van der Waals surface area (Å²) in [5.41, 5.74) is 0.419. The molecule has 0 aliphatic rings. The van der Waals surface area contributed by atoms with Crippen molar-refractivity contribution >= 4 is 11.9 Å². The Labute approximate surface area is 244 Å². The van der Waals surface area contributed by atoms with E-state index in [-0.39, 0.29) is 11.1 Å². The van der Waals surface area contributed by atoms with Crippen molar-refractivity contribution < 1.29 is 28.5 Å². The fraction of sp³-hybridized carbons (Fsp3) is 0.765. The molecule has 40 heavy (non-hydrogen) atoms. The third-order valence-corrected chi connectivity index (χ3v) is 7.40. The lowest BCUT2D eigenvalue weighted by Gasteiger charge is -2.16. The molecule has 0 spiro atoms. The molecule has 6 heteroatoms. The van der Waals surface area contributed by atoms with Crippen LogP contribution in [0.15, 0.2) is 12.1 Å². The predicted octanol–water partition coefficient (Wildman–Crippen LogP) is 9.86. The molecule has 230 valence electrons. The molecule has 0 N–H and O–H groups in total. The van der Waals surface area contributed by atoms with Gasteiger partial charge in [0.15, 0.2) is 0 Å². The summed E-state index contributed by atoms with van der Waals surface area (Å²) in [6.07, 6.45) is 24.8. The zero-order valence-electron chi connectivity index (χ0n) is 26.2. The van der Waals surface area contributed by atoms with Crippen LogP contribution in [0.25, 0.3) is 0 Å². The Balaban J connectivity index is 2.56. The van der Waals surface area contributed by atoms with E-state index in [1.54, 1.807) is 6.07 Å². The first-order valence-electron chi connectivity index (χ1n) is 16.2. The van der Waals surface area contributed by atoms with Crippen molar-refractivity contribution in [2.75, 3.05) is 27.4 Å². The quantitative estimate of drug-likeness (QED) is 0.0826. The summed E-state index contributed by atoms with van der Waals surface area (Å²) in [7, 11) is 2.64. The molecule has 0 saturated carbocycles. The van der Waals surface area contributed by atoms with Crippen LogP contribution in [0.3, 0.4) is 0 Å². The van der Waals surface area contributed by atoms with Gasteiger partial charge in [-0.3, -0.25) is 0 Å².